The van der Waals surface area contributed by atoms with Crippen LogP contribution in [-0.4, -0.2) is 24.0 Å². The maximum atomic E-state index is 12.8. The summed E-state index contributed by atoms with van der Waals surface area (Å²) in [5.41, 5.74) is 1.09. The molecule has 1 saturated heterocycles. The van der Waals surface area contributed by atoms with Crippen molar-refractivity contribution in [3.63, 3.8) is 0 Å². The predicted octanol–water partition coefficient (Wildman–Crippen LogP) is 4.49. The van der Waals surface area contributed by atoms with Crippen LogP contribution in [0.3, 0.4) is 0 Å². The van der Waals surface area contributed by atoms with E-state index in [-0.39, 0.29) is 5.82 Å². The van der Waals surface area contributed by atoms with Crippen LogP contribution in [0.25, 0.3) is 6.08 Å². The first kappa shape index (κ1) is 13.8. The monoisotopic (exact) mass is 273 g/mol. The van der Waals surface area contributed by atoms with Crippen LogP contribution < -0.4 is 0 Å². The van der Waals surface area contributed by atoms with Crippen LogP contribution >= 0.6 is 0 Å². The summed E-state index contributed by atoms with van der Waals surface area (Å²) < 4.78 is 12.8. The van der Waals surface area contributed by atoms with E-state index in [0.717, 1.165) is 23.9 Å². The Hall–Kier alpha value is -1.15. The number of nitrogens with zero attached hydrogens (tertiary/aromatic N) is 1. The van der Waals surface area contributed by atoms with Crippen molar-refractivity contribution in [3.05, 3.63) is 41.7 Å². The van der Waals surface area contributed by atoms with Gasteiger partial charge < -0.3 is 0 Å². The zero-order chi connectivity index (χ0) is 13.8. The topological polar surface area (TPSA) is 3.24 Å². The fourth-order valence-electron chi connectivity index (χ4n) is 3.13. The standard InChI is InChI=1S/C18H24FN/c19-17-11-9-15(10-12-17)4-3-6-18-5-1-2-13-20(18)14-16-7-8-16/h3-4,9-12,16,18H,1-2,5-8,13-14H2/b4-3-. The molecule has 2 heteroatoms. The summed E-state index contributed by atoms with van der Waals surface area (Å²) in [4.78, 5) is 2.70. The van der Waals surface area contributed by atoms with Crippen LogP contribution in [0.4, 0.5) is 4.39 Å². The lowest BCUT2D eigenvalue weighted by molar-refractivity contribution is 0.143. The van der Waals surface area contributed by atoms with Crippen molar-refractivity contribution in [1.82, 2.24) is 4.90 Å². The Labute approximate surface area is 121 Å². The molecule has 2 aliphatic rings. The quantitative estimate of drug-likeness (QED) is 0.764. The second-order valence-corrected chi connectivity index (χ2v) is 6.28. The van der Waals surface area contributed by atoms with Gasteiger partial charge in [-0.1, -0.05) is 30.7 Å². The van der Waals surface area contributed by atoms with Gasteiger partial charge in [0.1, 0.15) is 5.82 Å². The zero-order valence-electron chi connectivity index (χ0n) is 12.1. The van der Waals surface area contributed by atoms with Crippen LogP contribution in [0.1, 0.15) is 44.1 Å². The Kier molecular flexibility index (Phi) is 4.51. The summed E-state index contributed by atoms with van der Waals surface area (Å²) in [6.07, 6.45) is 12.5. The van der Waals surface area contributed by atoms with Gasteiger partial charge in [-0.3, -0.25) is 4.90 Å². The van der Waals surface area contributed by atoms with E-state index in [4.69, 9.17) is 0 Å². The molecule has 0 spiro atoms. The van der Waals surface area contributed by atoms with E-state index in [1.54, 1.807) is 0 Å². The van der Waals surface area contributed by atoms with E-state index < -0.39 is 0 Å². The SMILES string of the molecule is Fc1ccc(/C=C\CC2CCCCN2CC2CC2)cc1. The van der Waals surface area contributed by atoms with Gasteiger partial charge in [0, 0.05) is 12.6 Å². The van der Waals surface area contributed by atoms with E-state index in [2.05, 4.69) is 17.1 Å². The molecular weight excluding hydrogens is 249 g/mol. The molecule has 1 aliphatic heterocycles. The molecule has 0 radical (unpaired) electrons. The summed E-state index contributed by atoms with van der Waals surface area (Å²) in [6.45, 7) is 2.60. The molecule has 1 unspecified atom stereocenters. The molecule has 2 fully saturated rings. The lowest BCUT2D eigenvalue weighted by atomic mass is 9.98. The Bertz CT molecular complexity index is 447. The number of likely N-dealkylation sites (tertiary alicyclic amines) is 1. The van der Waals surface area contributed by atoms with Crippen LogP contribution in [0.5, 0.6) is 0 Å². The predicted molar refractivity (Wildman–Crippen MR) is 82.0 cm³/mol. The van der Waals surface area contributed by atoms with Crippen molar-refractivity contribution in [2.24, 2.45) is 5.92 Å². The number of piperidine rings is 1. The molecule has 1 saturated carbocycles. The van der Waals surface area contributed by atoms with Crippen LogP contribution in [0.15, 0.2) is 30.3 Å². The Morgan fingerprint density at radius 1 is 1.10 bits per heavy atom. The van der Waals surface area contributed by atoms with Crippen molar-refractivity contribution in [2.75, 3.05) is 13.1 Å². The lowest BCUT2D eigenvalue weighted by Crippen LogP contribution is -2.40. The Balaban J connectivity index is 1.53. The van der Waals surface area contributed by atoms with E-state index in [9.17, 15) is 4.39 Å². The smallest absolute Gasteiger partial charge is 0.123 e. The molecule has 1 heterocycles. The van der Waals surface area contributed by atoms with Crippen molar-refractivity contribution < 1.29 is 4.39 Å². The molecule has 0 N–H and O–H groups in total. The third-order valence-electron chi connectivity index (χ3n) is 4.53. The molecule has 1 aromatic carbocycles. The first-order chi connectivity index (χ1) is 9.81. The number of hydrogen-bond donors (Lipinski definition) is 0. The van der Waals surface area contributed by atoms with Crippen molar-refractivity contribution >= 4 is 6.08 Å². The minimum absolute atomic E-state index is 0.162. The first-order valence-corrected chi connectivity index (χ1v) is 7.97. The maximum Gasteiger partial charge on any atom is 0.123 e. The normalized spacial score (nSPS) is 24.4. The van der Waals surface area contributed by atoms with Gasteiger partial charge in [-0.2, -0.15) is 0 Å². The zero-order valence-corrected chi connectivity index (χ0v) is 12.1. The molecule has 1 nitrogen and oxygen atoms in total. The van der Waals surface area contributed by atoms with E-state index in [1.165, 1.54) is 57.3 Å². The molecule has 0 amide bonds. The third kappa shape index (κ3) is 3.92. The molecule has 0 aromatic heterocycles. The van der Waals surface area contributed by atoms with Gasteiger partial charge in [-0.15, -0.1) is 0 Å². The number of rotatable bonds is 5. The summed E-state index contributed by atoms with van der Waals surface area (Å²) in [7, 11) is 0. The second-order valence-electron chi connectivity index (χ2n) is 6.28. The van der Waals surface area contributed by atoms with Crippen molar-refractivity contribution in [2.45, 2.75) is 44.6 Å². The van der Waals surface area contributed by atoms with Crippen LogP contribution in [0, 0.1) is 11.7 Å². The van der Waals surface area contributed by atoms with Gasteiger partial charge in [0.05, 0.1) is 0 Å². The highest BCUT2D eigenvalue weighted by molar-refractivity contribution is 5.48. The van der Waals surface area contributed by atoms with Gasteiger partial charge in [-0.05, 0) is 62.3 Å². The van der Waals surface area contributed by atoms with Gasteiger partial charge in [0.2, 0.25) is 0 Å². The van der Waals surface area contributed by atoms with Gasteiger partial charge in [0.15, 0.2) is 0 Å². The minimum atomic E-state index is -0.162. The number of benzene rings is 1. The minimum Gasteiger partial charge on any atom is -0.300 e. The van der Waals surface area contributed by atoms with Crippen LogP contribution in [0.2, 0.25) is 0 Å². The number of hydrogen-bond acceptors (Lipinski definition) is 1. The molecule has 108 valence electrons. The highest BCUT2D eigenvalue weighted by atomic mass is 19.1. The summed E-state index contributed by atoms with van der Waals surface area (Å²) in [6, 6.07) is 7.46. The molecule has 1 aliphatic carbocycles. The molecule has 0 bridgehead atoms. The van der Waals surface area contributed by atoms with E-state index in [0.29, 0.717) is 0 Å². The van der Waals surface area contributed by atoms with Gasteiger partial charge in [0.25, 0.3) is 0 Å². The molecule has 3 rings (SSSR count). The van der Waals surface area contributed by atoms with Crippen molar-refractivity contribution in [1.29, 1.82) is 0 Å². The molecule has 1 aromatic rings. The van der Waals surface area contributed by atoms with Gasteiger partial charge >= 0.3 is 0 Å². The van der Waals surface area contributed by atoms with Gasteiger partial charge in [-0.25, -0.2) is 4.39 Å². The molecule has 1 atom stereocenters. The second kappa shape index (κ2) is 6.53. The third-order valence-corrected chi connectivity index (χ3v) is 4.53. The highest BCUT2D eigenvalue weighted by Gasteiger charge is 2.28. The fraction of sp³-hybridized carbons (Fsp3) is 0.556. The summed E-state index contributed by atoms with van der Waals surface area (Å²) in [5, 5.41) is 0. The van der Waals surface area contributed by atoms with Crippen LogP contribution in [-0.2, 0) is 0 Å². The van der Waals surface area contributed by atoms with E-state index >= 15 is 0 Å². The molecule has 20 heavy (non-hydrogen) atoms. The summed E-state index contributed by atoms with van der Waals surface area (Å²) in [5.74, 6) is 0.821. The summed E-state index contributed by atoms with van der Waals surface area (Å²) >= 11 is 0. The van der Waals surface area contributed by atoms with Crippen molar-refractivity contribution in [3.8, 4) is 0 Å². The maximum absolute atomic E-state index is 12.8. The highest BCUT2D eigenvalue weighted by Crippen LogP contribution is 2.32. The molecular formula is C18H24FN. The lowest BCUT2D eigenvalue weighted by Gasteiger charge is -2.35. The van der Waals surface area contributed by atoms with E-state index in [1.807, 2.05) is 12.1 Å². The number of halogens is 1. The average Bonchev–Trinajstić information content (AvgIpc) is 3.27. The average molecular weight is 273 g/mol. The first-order valence-electron chi connectivity index (χ1n) is 7.97. The Morgan fingerprint density at radius 2 is 1.90 bits per heavy atom. The fourth-order valence-corrected chi connectivity index (χ4v) is 3.13. The largest absolute Gasteiger partial charge is 0.300 e. The Morgan fingerprint density at radius 3 is 2.65 bits per heavy atom.